The first-order valence-corrected chi connectivity index (χ1v) is 7.79. The zero-order valence-corrected chi connectivity index (χ0v) is 13.3. The van der Waals surface area contributed by atoms with Crippen molar-refractivity contribution in [3.8, 4) is 16.3 Å². The molecule has 3 aromatic rings. The van der Waals surface area contributed by atoms with E-state index in [1.54, 1.807) is 37.6 Å². The Hall–Kier alpha value is -2.86. The van der Waals surface area contributed by atoms with Crippen LogP contribution in [-0.4, -0.2) is 18.1 Å². The van der Waals surface area contributed by atoms with Gasteiger partial charge in [0.05, 0.1) is 13.3 Å². The van der Waals surface area contributed by atoms with Crippen LogP contribution in [0.4, 0.5) is 15.5 Å². The van der Waals surface area contributed by atoms with Gasteiger partial charge in [0.1, 0.15) is 15.8 Å². The molecule has 2 aromatic carbocycles. The molecule has 0 aliphatic rings. The molecule has 0 aliphatic heterocycles. The van der Waals surface area contributed by atoms with Crippen LogP contribution in [0.2, 0.25) is 0 Å². The first kappa shape index (κ1) is 15.1. The van der Waals surface area contributed by atoms with E-state index >= 15 is 0 Å². The number of nitrogens with zero attached hydrogens (tertiary/aromatic N) is 1. The smallest absolute Gasteiger partial charge is 0.324 e. The number of hydrogen-bond donors (Lipinski definition) is 2. The van der Waals surface area contributed by atoms with E-state index in [1.807, 2.05) is 30.3 Å². The summed E-state index contributed by atoms with van der Waals surface area (Å²) in [5, 5.41) is 7.10. The molecule has 2 N–H and O–H groups in total. The fraction of sp³-hybridized carbons (Fsp3) is 0.0588. The number of carbonyl (C=O) groups excluding carboxylic acids is 1. The van der Waals surface area contributed by atoms with Crippen molar-refractivity contribution in [1.82, 2.24) is 4.98 Å². The second kappa shape index (κ2) is 6.93. The monoisotopic (exact) mass is 325 g/mol. The average molecular weight is 325 g/mol. The highest BCUT2D eigenvalue weighted by Crippen LogP contribution is 2.28. The first-order chi connectivity index (χ1) is 11.2. The van der Waals surface area contributed by atoms with Gasteiger partial charge >= 0.3 is 6.03 Å². The molecule has 0 radical (unpaired) electrons. The van der Waals surface area contributed by atoms with Crippen LogP contribution in [-0.2, 0) is 0 Å². The van der Waals surface area contributed by atoms with Crippen LogP contribution in [0.15, 0.2) is 60.8 Å². The maximum Gasteiger partial charge on any atom is 0.324 e. The molecule has 5 nitrogen and oxygen atoms in total. The summed E-state index contributed by atoms with van der Waals surface area (Å²) < 4.78 is 5.08. The summed E-state index contributed by atoms with van der Waals surface area (Å²) in [7, 11) is 1.60. The lowest BCUT2D eigenvalue weighted by Crippen LogP contribution is -2.18. The summed E-state index contributed by atoms with van der Waals surface area (Å²) in [5.41, 5.74) is 1.72. The van der Waals surface area contributed by atoms with Crippen molar-refractivity contribution in [2.45, 2.75) is 0 Å². The minimum Gasteiger partial charge on any atom is -0.497 e. The van der Waals surface area contributed by atoms with Crippen LogP contribution < -0.4 is 15.4 Å². The highest BCUT2D eigenvalue weighted by molar-refractivity contribution is 7.19. The molecule has 0 saturated carbocycles. The van der Waals surface area contributed by atoms with Gasteiger partial charge in [-0.05, 0) is 24.3 Å². The molecule has 0 atom stereocenters. The van der Waals surface area contributed by atoms with E-state index in [1.165, 1.54) is 11.3 Å². The third kappa shape index (κ3) is 3.87. The van der Waals surface area contributed by atoms with Crippen LogP contribution >= 0.6 is 11.3 Å². The summed E-state index contributed by atoms with van der Waals surface area (Å²) in [6.07, 6.45) is 1.65. The van der Waals surface area contributed by atoms with Crippen LogP contribution in [0.3, 0.4) is 0 Å². The highest BCUT2D eigenvalue weighted by atomic mass is 32.1. The van der Waals surface area contributed by atoms with Gasteiger partial charge in [0.15, 0.2) is 0 Å². The summed E-state index contributed by atoms with van der Waals surface area (Å²) in [6, 6.07) is 16.7. The Bertz CT molecular complexity index is 785. The number of anilines is 2. The summed E-state index contributed by atoms with van der Waals surface area (Å²) >= 11 is 1.43. The number of carbonyl (C=O) groups is 1. The molecule has 2 amide bonds. The third-order valence-electron chi connectivity index (χ3n) is 3.11. The van der Waals surface area contributed by atoms with Crippen molar-refractivity contribution in [2.75, 3.05) is 17.7 Å². The topological polar surface area (TPSA) is 63.2 Å². The van der Waals surface area contributed by atoms with Crippen LogP contribution in [0.25, 0.3) is 10.6 Å². The summed E-state index contributed by atoms with van der Waals surface area (Å²) in [5.74, 6) is 0.742. The SMILES string of the molecule is COc1ccc(NC(=O)Nc2cnc(-c3ccccc3)s2)cc1. The number of ether oxygens (including phenoxy) is 1. The average Bonchev–Trinajstić information content (AvgIpc) is 3.04. The number of hydrogen-bond acceptors (Lipinski definition) is 4. The van der Waals surface area contributed by atoms with E-state index < -0.39 is 0 Å². The highest BCUT2D eigenvalue weighted by Gasteiger charge is 2.08. The Labute approximate surface area is 138 Å². The number of urea groups is 1. The van der Waals surface area contributed by atoms with Gasteiger partial charge in [0.25, 0.3) is 0 Å². The maximum atomic E-state index is 12.0. The number of aromatic nitrogens is 1. The molecule has 1 heterocycles. The lowest BCUT2D eigenvalue weighted by Gasteiger charge is -2.06. The van der Waals surface area contributed by atoms with Gasteiger partial charge in [-0.15, -0.1) is 0 Å². The van der Waals surface area contributed by atoms with Gasteiger partial charge in [0, 0.05) is 11.3 Å². The number of benzene rings is 2. The Balaban J connectivity index is 1.63. The van der Waals surface area contributed by atoms with Crippen molar-refractivity contribution in [3.63, 3.8) is 0 Å². The first-order valence-electron chi connectivity index (χ1n) is 6.98. The third-order valence-corrected chi connectivity index (χ3v) is 4.07. The lowest BCUT2D eigenvalue weighted by atomic mass is 10.2. The van der Waals surface area contributed by atoms with Crippen molar-refractivity contribution < 1.29 is 9.53 Å². The van der Waals surface area contributed by atoms with Gasteiger partial charge in [-0.1, -0.05) is 41.7 Å². The molecule has 0 fully saturated rings. The van der Waals surface area contributed by atoms with Crippen molar-refractivity contribution >= 4 is 28.1 Å². The van der Waals surface area contributed by atoms with Crippen molar-refractivity contribution in [3.05, 3.63) is 60.8 Å². The zero-order chi connectivity index (χ0) is 16.1. The van der Waals surface area contributed by atoms with Gasteiger partial charge in [-0.25, -0.2) is 9.78 Å². The fourth-order valence-corrected chi connectivity index (χ4v) is 2.81. The predicted molar refractivity (Wildman–Crippen MR) is 93.2 cm³/mol. The normalized spacial score (nSPS) is 10.1. The molecule has 0 aliphatic carbocycles. The van der Waals surface area contributed by atoms with Crippen LogP contribution in [0, 0.1) is 0 Å². The minimum atomic E-state index is -0.307. The Morgan fingerprint density at radius 3 is 2.48 bits per heavy atom. The van der Waals surface area contributed by atoms with E-state index in [0.29, 0.717) is 10.7 Å². The second-order valence-electron chi connectivity index (χ2n) is 4.70. The molecule has 6 heteroatoms. The van der Waals surface area contributed by atoms with E-state index in [9.17, 15) is 4.79 Å². The summed E-state index contributed by atoms with van der Waals surface area (Å²) in [4.78, 5) is 16.3. The molecule has 0 bridgehead atoms. The molecule has 0 spiro atoms. The van der Waals surface area contributed by atoms with E-state index in [0.717, 1.165) is 16.3 Å². The molecule has 1 aromatic heterocycles. The standard InChI is InChI=1S/C17H15N3O2S/c1-22-14-9-7-13(8-10-14)19-17(21)20-15-11-18-16(23-15)12-5-3-2-4-6-12/h2-11H,1H3,(H2,19,20,21). The molecule has 0 saturated heterocycles. The number of thiazole rings is 1. The van der Waals surface area contributed by atoms with Gasteiger partial charge in [-0.2, -0.15) is 0 Å². The maximum absolute atomic E-state index is 12.0. The van der Waals surface area contributed by atoms with Crippen molar-refractivity contribution in [1.29, 1.82) is 0 Å². The van der Waals surface area contributed by atoms with Gasteiger partial charge < -0.3 is 10.1 Å². The zero-order valence-electron chi connectivity index (χ0n) is 12.4. The van der Waals surface area contributed by atoms with Crippen LogP contribution in [0.5, 0.6) is 5.75 Å². The molecule has 116 valence electrons. The number of methoxy groups -OCH3 is 1. The number of rotatable bonds is 4. The molecular formula is C17H15N3O2S. The number of amides is 2. The van der Waals surface area contributed by atoms with E-state index in [4.69, 9.17) is 4.74 Å². The van der Waals surface area contributed by atoms with E-state index in [2.05, 4.69) is 15.6 Å². The lowest BCUT2D eigenvalue weighted by molar-refractivity contribution is 0.262. The fourth-order valence-electron chi connectivity index (χ4n) is 1.99. The Morgan fingerprint density at radius 1 is 1.04 bits per heavy atom. The van der Waals surface area contributed by atoms with Crippen LogP contribution in [0.1, 0.15) is 0 Å². The molecular weight excluding hydrogens is 310 g/mol. The van der Waals surface area contributed by atoms with Gasteiger partial charge in [0.2, 0.25) is 0 Å². The predicted octanol–water partition coefficient (Wildman–Crippen LogP) is 4.46. The summed E-state index contributed by atoms with van der Waals surface area (Å²) in [6.45, 7) is 0. The Morgan fingerprint density at radius 2 is 1.78 bits per heavy atom. The molecule has 0 unspecified atom stereocenters. The number of nitrogens with one attached hydrogen (secondary N) is 2. The molecule has 3 rings (SSSR count). The molecule has 23 heavy (non-hydrogen) atoms. The quantitative estimate of drug-likeness (QED) is 0.744. The Kier molecular flexibility index (Phi) is 4.54. The minimum absolute atomic E-state index is 0.307. The van der Waals surface area contributed by atoms with E-state index in [-0.39, 0.29) is 6.03 Å². The van der Waals surface area contributed by atoms with Crippen molar-refractivity contribution in [2.24, 2.45) is 0 Å². The largest absolute Gasteiger partial charge is 0.497 e. The van der Waals surface area contributed by atoms with Gasteiger partial charge in [-0.3, -0.25) is 5.32 Å². The second-order valence-corrected chi connectivity index (χ2v) is 5.73.